The molecule has 0 spiro atoms. The van der Waals surface area contributed by atoms with Crippen molar-refractivity contribution in [2.75, 3.05) is 24.5 Å². The topological polar surface area (TPSA) is 79.3 Å². The third-order valence-corrected chi connectivity index (χ3v) is 4.65. The average molecular weight is 331 g/mol. The number of piperidine rings is 1. The Balaban J connectivity index is 1.74. The fourth-order valence-electron chi connectivity index (χ4n) is 3.43. The van der Waals surface area contributed by atoms with Crippen molar-refractivity contribution in [3.05, 3.63) is 24.4 Å². The van der Waals surface area contributed by atoms with Gasteiger partial charge in [-0.05, 0) is 25.1 Å². The molecule has 2 aromatic rings. The van der Waals surface area contributed by atoms with Crippen LogP contribution in [0.4, 0.5) is 14.9 Å². The molecule has 3 heterocycles. The fraction of sp³-hybridized carbons (Fsp3) is 0.438. The van der Waals surface area contributed by atoms with Crippen LogP contribution in [0.5, 0.6) is 0 Å². The minimum atomic E-state index is -0.999. The molecule has 2 aliphatic heterocycles. The molecule has 4 rings (SSSR count). The van der Waals surface area contributed by atoms with E-state index in [2.05, 4.69) is 15.7 Å². The zero-order chi connectivity index (χ0) is 16.7. The number of carbonyl (C=O) groups excluding carboxylic acids is 2. The van der Waals surface area contributed by atoms with Gasteiger partial charge in [-0.1, -0.05) is 6.07 Å². The van der Waals surface area contributed by atoms with E-state index in [1.54, 1.807) is 10.9 Å². The number of carbonyl (C=O) groups is 2. The molecule has 0 bridgehead atoms. The fourth-order valence-corrected chi connectivity index (χ4v) is 3.43. The van der Waals surface area contributed by atoms with E-state index in [0.29, 0.717) is 25.2 Å². The SMILES string of the molecule is O=C1CCN(c2cccc3c2cnn3[C@H]2CCNC[C@@H]2F)C(=O)N1. The van der Waals surface area contributed by atoms with Gasteiger partial charge in [-0.15, -0.1) is 0 Å². The zero-order valence-electron chi connectivity index (χ0n) is 13.0. The van der Waals surface area contributed by atoms with Crippen molar-refractivity contribution in [2.24, 2.45) is 0 Å². The summed E-state index contributed by atoms with van der Waals surface area (Å²) in [6, 6.07) is 4.79. The number of halogens is 1. The van der Waals surface area contributed by atoms with E-state index in [1.165, 1.54) is 4.90 Å². The number of aromatic nitrogens is 2. The molecule has 0 radical (unpaired) electrons. The van der Waals surface area contributed by atoms with E-state index in [1.807, 2.05) is 18.2 Å². The van der Waals surface area contributed by atoms with Crippen LogP contribution < -0.4 is 15.5 Å². The van der Waals surface area contributed by atoms with E-state index in [4.69, 9.17) is 0 Å². The molecule has 24 heavy (non-hydrogen) atoms. The van der Waals surface area contributed by atoms with E-state index >= 15 is 0 Å². The molecule has 2 atom stereocenters. The summed E-state index contributed by atoms with van der Waals surface area (Å²) in [6.45, 7) is 1.40. The van der Waals surface area contributed by atoms with Crippen molar-refractivity contribution in [1.29, 1.82) is 0 Å². The maximum absolute atomic E-state index is 14.3. The van der Waals surface area contributed by atoms with Crippen molar-refractivity contribution in [3.8, 4) is 0 Å². The van der Waals surface area contributed by atoms with Gasteiger partial charge in [0.25, 0.3) is 0 Å². The van der Waals surface area contributed by atoms with Crippen molar-refractivity contribution >= 4 is 28.5 Å². The molecule has 8 heteroatoms. The van der Waals surface area contributed by atoms with Crippen LogP contribution >= 0.6 is 0 Å². The summed E-state index contributed by atoms with van der Waals surface area (Å²) in [5, 5.41) is 10.5. The van der Waals surface area contributed by atoms with Crippen LogP contribution in [0.3, 0.4) is 0 Å². The predicted octanol–water partition coefficient (Wildman–Crippen LogP) is 1.36. The average Bonchev–Trinajstić information content (AvgIpc) is 2.99. The third-order valence-electron chi connectivity index (χ3n) is 4.65. The molecule has 0 unspecified atom stereocenters. The lowest BCUT2D eigenvalue weighted by Gasteiger charge is -2.28. The van der Waals surface area contributed by atoms with Crippen molar-refractivity contribution in [3.63, 3.8) is 0 Å². The number of alkyl halides is 1. The second kappa shape index (κ2) is 5.86. The summed E-state index contributed by atoms with van der Waals surface area (Å²) >= 11 is 0. The number of imide groups is 1. The standard InChI is InChI=1S/C16H18FN5O2/c17-11-9-18-6-4-14(11)22-13-3-1-2-12(10(13)8-19-22)21-7-5-15(23)20-16(21)24/h1-3,8,11,14,18H,4-7,9H2,(H,20,23,24)/t11-,14-/m0/s1. The second-order valence-electron chi connectivity index (χ2n) is 6.13. The van der Waals surface area contributed by atoms with E-state index in [-0.39, 0.29) is 18.4 Å². The van der Waals surface area contributed by atoms with Crippen LogP contribution in [0.1, 0.15) is 18.9 Å². The molecular weight excluding hydrogens is 313 g/mol. The summed E-state index contributed by atoms with van der Waals surface area (Å²) in [7, 11) is 0. The van der Waals surface area contributed by atoms with Gasteiger partial charge in [0.05, 0.1) is 23.4 Å². The van der Waals surface area contributed by atoms with Crippen molar-refractivity contribution in [1.82, 2.24) is 20.4 Å². The number of nitrogens with zero attached hydrogens (tertiary/aromatic N) is 3. The van der Waals surface area contributed by atoms with E-state index in [9.17, 15) is 14.0 Å². The quantitative estimate of drug-likeness (QED) is 0.871. The number of urea groups is 1. The highest BCUT2D eigenvalue weighted by molar-refractivity contribution is 6.09. The van der Waals surface area contributed by atoms with Gasteiger partial charge < -0.3 is 5.32 Å². The van der Waals surface area contributed by atoms with Crippen LogP contribution in [0, 0.1) is 0 Å². The number of amides is 3. The van der Waals surface area contributed by atoms with Gasteiger partial charge in [-0.2, -0.15) is 5.10 Å². The van der Waals surface area contributed by atoms with Crippen LogP contribution in [0.2, 0.25) is 0 Å². The van der Waals surface area contributed by atoms with Gasteiger partial charge in [-0.25, -0.2) is 9.18 Å². The van der Waals surface area contributed by atoms with Gasteiger partial charge in [0.1, 0.15) is 6.17 Å². The molecule has 2 saturated heterocycles. The number of nitrogens with one attached hydrogen (secondary N) is 2. The minimum absolute atomic E-state index is 0.261. The Bertz CT molecular complexity index is 805. The lowest BCUT2D eigenvalue weighted by Crippen LogP contribution is -2.49. The molecule has 2 fully saturated rings. The zero-order valence-corrected chi connectivity index (χ0v) is 13.0. The third kappa shape index (κ3) is 2.43. The minimum Gasteiger partial charge on any atom is -0.314 e. The first kappa shape index (κ1) is 15.1. The van der Waals surface area contributed by atoms with Gasteiger partial charge in [-0.3, -0.25) is 19.7 Å². The maximum atomic E-state index is 14.3. The molecule has 2 N–H and O–H groups in total. The van der Waals surface area contributed by atoms with Crippen molar-refractivity contribution < 1.29 is 14.0 Å². The smallest absolute Gasteiger partial charge is 0.314 e. The van der Waals surface area contributed by atoms with Crippen molar-refractivity contribution in [2.45, 2.75) is 25.1 Å². The highest BCUT2D eigenvalue weighted by atomic mass is 19.1. The summed E-state index contributed by atoms with van der Waals surface area (Å²) in [6.07, 6.45) is 1.60. The Hall–Kier alpha value is -2.48. The molecule has 1 aromatic carbocycles. The van der Waals surface area contributed by atoms with Crippen LogP contribution in [-0.4, -0.2) is 47.5 Å². The van der Waals surface area contributed by atoms with Gasteiger partial charge in [0.2, 0.25) is 5.91 Å². The number of fused-ring (bicyclic) bond motifs is 1. The molecule has 0 aliphatic carbocycles. The summed E-state index contributed by atoms with van der Waals surface area (Å²) < 4.78 is 16.0. The lowest BCUT2D eigenvalue weighted by molar-refractivity contribution is -0.120. The Morgan fingerprint density at radius 2 is 2.17 bits per heavy atom. The molecule has 7 nitrogen and oxygen atoms in total. The van der Waals surface area contributed by atoms with Crippen LogP contribution in [-0.2, 0) is 4.79 Å². The van der Waals surface area contributed by atoms with Gasteiger partial charge >= 0.3 is 6.03 Å². The molecule has 0 saturated carbocycles. The summed E-state index contributed by atoms with van der Waals surface area (Å²) in [5.41, 5.74) is 1.49. The van der Waals surface area contributed by atoms with Crippen LogP contribution in [0.25, 0.3) is 10.9 Å². The van der Waals surface area contributed by atoms with Crippen LogP contribution in [0.15, 0.2) is 24.4 Å². The largest absolute Gasteiger partial charge is 0.328 e. The van der Waals surface area contributed by atoms with E-state index < -0.39 is 12.2 Å². The first-order valence-corrected chi connectivity index (χ1v) is 8.07. The monoisotopic (exact) mass is 331 g/mol. The summed E-state index contributed by atoms with van der Waals surface area (Å²) in [4.78, 5) is 25.0. The van der Waals surface area contributed by atoms with E-state index in [0.717, 1.165) is 17.4 Å². The second-order valence-corrected chi connectivity index (χ2v) is 6.13. The first-order valence-electron chi connectivity index (χ1n) is 8.07. The van der Waals surface area contributed by atoms with Gasteiger partial charge in [0, 0.05) is 24.9 Å². The molecule has 1 aromatic heterocycles. The number of hydrogen-bond donors (Lipinski definition) is 2. The Kier molecular flexibility index (Phi) is 3.68. The number of benzene rings is 1. The molecule has 3 amide bonds. The number of rotatable bonds is 2. The molecular formula is C16H18FN5O2. The first-order chi connectivity index (χ1) is 11.6. The number of hydrogen-bond acceptors (Lipinski definition) is 4. The highest BCUT2D eigenvalue weighted by Gasteiger charge is 2.30. The maximum Gasteiger partial charge on any atom is 0.328 e. The normalized spacial score (nSPS) is 25.1. The summed E-state index contributed by atoms with van der Waals surface area (Å²) in [5.74, 6) is -0.269. The lowest BCUT2D eigenvalue weighted by atomic mass is 10.0. The Labute approximate surface area is 137 Å². The highest BCUT2D eigenvalue weighted by Crippen LogP contribution is 2.31. The predicted molar refractivity (Wildman–Crippen MR) is 86.7 cm³/mol. The Morgan fingerprint density at radius 1 is 1.29 bits per heavy atom. The molecule has 126 valence electrons. The number of anilines is 1. The van der Waals surface area contributed by atoms with Gasteiger partial charge in [0.15, 0.2) is 0 Å². The molecule has 2 aliphatic rings. The Morgan fingerprint density at radius 3 is 2.96 bits per heavy atom.